The Balaban J connectivity index is 1.84. The lowest BCUT2D eigenvalue weighted by atomic mass is 9.70. The predicted octanol–water partition coefficient (Wildman–Crippen LogP) is 4.93. The highest BCUT2D eigenvalue weighted by molar-refractivity contribution is 6.35. The van der Waals surface area contributed by atoms with E-state index in [4.69, 9.17) is 34.8 Å². The van der Waals surface area contributed by atoms with Gasteiger partial charge < -0.3 is 20.4 Å². The molecule has 2 aromatic carbocycles. The first-order valence-electron chi connectivity index (χ1n) is 11.1. The molecule has 0 bridgehead atoms. The van der Waals surface area contributed by atoms with Crippen LogP contribution in [0, 0.1) is 11.8 Å². The summed E-state index contributed by atoms with van der Waals surface area (Å²) in [6.45, 7) is 0.441. The van der Waals surface area contributed by atoms with Crippen LogP contribution >= 0.6 is 34.8 Å². The van der Waals surface area contributed by atoms with Crippen LogP contribution in [0.1, 0.15) is 18.9 Å². The van der Waals surface area contributed by atoms with E-state index in [1.54, 1.807) is 0 Å². The molecule has 0 aliphatic carbocycles. The number of nitrogens with one attached hydrogen (secondary N) is 1. The third-order valence-corrected chi connectivity index (χ3v) is 7.68. The molecule has 2 unspecified atom stereocenters. The number of carboxylic acid groups (broad SMARTS) is 1. The van der Waals surface area contributed by atoms with Crippen molar-refractivity contribution in [1.29, 1.82) is 0 Å². The molecule has 3 N–H and O–H groups in total. The second kappa shape index (κ2) is 9.61. The third-order valence-electron chi connectivity index (χ3n) is 7.01. The first kappa shape index (κ1) is 26.9. The topological polar surface area (TPSA) is 93.1 Å². The normalized spacial score (nSPS) is 24.6. The largest absolute Gasteiger partial charge is 0.481 e. The van der Waals surface area contributed by atoms with Crippen molar-refractivity contribution < 1.29 is 28.6 Å². The van der Waals surface area contributed by atoms with Gasteiger partial charge in [0.25, 0.3) is 5.92 Å². The van der Waals surface area contributed by atoms with E-state index >= 15 is 0 Å². The smallest absolute Gasteiger partial charge is 0.309 e. The lowest BCUT2D eigenvalue weighted by Gasteiger charge is -2.47. The molecular weight excluding hydrogens is 539 g/mol. The number of aliphatic hydroxyl groups is 1. The number of nitrogens with zero attached hydrogens (tertiary/aromatic N) is 2. The molecule has 2 aliphatic heterocycles. The molecule has 194 valence electrons. The van der Waals surface area contributed by atoms with Gasteiger partial charge in [0, 0.05) is 52.0 Å². The number of benzene rings is 2. The third kappa shape index (κ3) is 4.52. The van der Waals surface area contributed by atoms with Crippen LogP contribution in [-0.2, 0) is 15.1 Å². The number of carbonyl (C=O) groups is 2. The predicted molar refractivity (Wildman–Crippen MR) is 134 cm³/mol. The van der Waals surface area contributed by atoms with E-state index in [0.29, 0.717) is 16.4 Å². The number of halogens is 5. The van der Waals surface area contributed by atoms with Gasteiger partial charge in [0.05, 0.1) is 18.4 Å². The number of aliphatic hydroxyl groups excluding tert-OH is 1. The maximum absolute atomic E-state index is 14.4. The van der Waals surface area contributed by atoms with Gasteiger partial charge in [-0.3, -0.25) is 14.5 Å². The van der Waals surface area contributed by atoms with Gasteiger partial charge in [-0.2, -0.15) is 0 Å². The molecule has 2 heterocycles. The molecule has 4 rings (SSSR count). The van der Waals surface area contributed by atoms with Crippen molar-refractivity contribution >= 4 is 58.1 Å². The van der Waals surface area contributed by atoms with E-state index in [2.05, 4.69) is 5.32 Å². The van der Waals surface area contributed by atoms with E-state index in [1.165, 1.54) is 60.2 Å². The van der Waals surface area contributed by atoms with Gasteiger partial charge in [-0.1, -0.05) is 47.8 Å². The Hall–Kier alpha value is -2.17. The van der Waals surface area contributed by atoms with Crippen LogP contribution in [0.5, 0.6) is 0 Å². The SMILES string of the molecule is C[C@H](C(=O)N(C)c1cc(Cl)cc(Cl)c1)[C@H](C(=O)O)C1(N2CCC(F)(F)C2)c2ccc(Cl)cc2NC1O. The fraction of sp³-hybridized carbons (Fsp3) is 0.417. The molecule has 0 aromatic heterocycles. The van der Waals surface area contributed by atoms with Crippen LogP contribution < -0.4 is 10.2 Å². The highest BCUT2D eigenvalue weighted by Crippen LogP contribution is 2.53. The Labute approximate surface area is 221 Å². The van der Waals surface area contributed by atoms with Crippen molar-refractivity contribution in [1.82, 2.24) is 4.90 Å². The van der Waals surface area contributed by atoms with Crippen LogP contribution in [0.25, 0.3) is 0 Å². The zero-order valence-electron chi connectivity index (χ0n) is 19.3. The number of amides is 1. The maximum atomic E-state index is 14.4. The van der Waals surface area contributed by atoms with E-state index in [0.717, 1.165) is 0 Å². The standard InChI is InChI=1S/C24H24Cl3F2N3O4/c1-12(20(33)31(2)16-8-14(26)7-15(27)9-16)19(21(34)35)24(32-6-5-23(28,29)11-32)17-4-3-13(25)10-18(17)30-22(24)36/h3-4,7-10,12,19,22,30,36H,5-6,11H2,1-2H3,(H,34,35)/t12-,19+,22?,24?/m0/s1. The molecule has 1 fully saturated rings. The molecule has 7 nitrogen and oxygen atoms in total. The summed E-state index contributed by atoms with van der Waals surface area (Å²) in [6.07, 6.45) is -2.12. The summed E-state index contributed by atoms with van der Waals surface area (Å²) < 4.78 is 28.8. The van der Waals surface area contributed by atoms with Crippen LogP contribution in [-0.4, -0.2) is 59.3 Å². The Morgan fingerprint density at radius 3 is 2.33 bits per heavy atom. The summed E-state index contributed by atoms with van der Waals surface area (Å²) in [7, 11) is 1.44. The number of aliphatic carboxylic acids is 1. The summed E-state index contributed by atoms with van der Waals surface area (Å²) in [5, 5.41) is 25.4. The van der Waals surface area contributed by atoms with Gasteiger partial charge in [-0.15, -0.1) is 0 Å². The minimum Gasteiger partial charge on any atom is -0.481 e. The van der Waals surface area contributed by atoms with E-state index < -0.39 is 54.4 Å². The van der Waals surface area contributed by atoms with Crippen LogP contribution in [0.3, 0.4) is 0 Å². The molecule has 0 saturated carbocycles. The quantitative estimate of drug-likeness (QED) is 0.463. The lowest BCUT2D eigenvalue weighted by molar-refractivity contribution is -0.161. The number of anilines is 2. The molecule has 36 heavy (non-hydrogen) atoms. The Morgan fingerprint density at radius 1 is 1.14 bits per heavy atom. The zero-order valence-corrected chi connectivity index (χ0v) is 21.6. The van der Waals surface area contributed by atoms with Crippen molar-refractivity contribution in [2.24, 2.45) is 11.8 Å². The fourth-order valence-electron chi connectivity index (χ4n) is 5.41. The summed E-state index contributed by atoms with van der Waals surface area (Å²) in [4.78, 5) is 28.9. The van der Waals surface area contributed by atoms with Crippen molar-refractivity contribution in [2.45, 2.75) is 31.0 Å². The number of fused-ring (bicyclic) bond motifs is 1. The molecule has 2 aromatic rings. The number of carbonyl (C=O) groups excluding carboxylic acids is 1. The summed E-state index contributed by atoms with van der Waals surface area (Å²) in [6, 6.07) is 8.96. The van der Waals surface area contributed by atoms with Gasteiger partial charge in [-0.25, -0.2) is 8.78 Å². The van der Waals surface area contributed by atoms with Crippen LogP contribution in [0.2, 0.25) is 15.1 Å². The average Bonchev–Trinajstić information content (AvgIpc) is 3.28. The van der Waals surface area contributed by atoms with Gasteiger partial charge in [0.1, 0.15) is 11.8 Å². The molecule has 2 aliphatic rings. The van der Waals surface area contributed by atoms with Gasteiger partial charge in [0.2, 0.25) is 5.91 Å². The van der Waals surface area contributed by atoms with Crippen molar-refractivity contribution in [3.63, 3.8) is 0 Å². The Kier molecular flexibility index (Phi) is 7.18. The first-order chi connectivity index (χ1) is 16.8. The number of hydrogen-bond donors (Lipinski definition) is 3. The van der Waals surface area contributed by atoms with Crippen LogP contribution in [0.15, 0.2) is 36.4 Å². The number of hydrogen-bond acceptors (Lipinski definition) is 5. The van der Waals surface area contributed by atoms with Gasteiger partial charge in [-0.05, 0) is 30.3 Å². The second-order valence-electron chi connectivity index (χ2n) is 9.22. The van der Waals surface area contributed by atoms with Gasteiger partial charge in [0.15, 0.2) is 0 Å². The number of rotatable bonds is 6. The van der Waals surface area contributed by atoms with Crippen molar-refractivity contribution in [2.75, 3.05) is 30.4 Å². The zero-order chi connectivity index (χ0) is 26.6. The fourth-order valence-corrected chi connectivity index (χ4v) is 6.10. The van der Waals surface area contributed by atoms with E-state index in [9.17, 15) is 28.6 Å². The number of alkyl halides is 2. The second-order valence-corrected chi connectivity index (χ2v) is 10.5. The number of likely N-dealkylation sites (tertiary alicyclic amines) is 1. The molecule has 12 heteroatoms. The highest BCUT2D eigenvalue weighted by atomic mass is 35.5. The monoisotopic (exact) mass is 561 g/mol. The summed E-state index contributed by atoms with van der Waals surface area (Å²) in [5.74, 6) is -8.03. The van der Waals surface area contributed by atoms with E-state index in [-0.39, 0.29) is 22.2 Å². The first-order valence-corrected chi connectivity index (χ1v) is 12.3. The minimum absolute atomic E-state index is 0.182. The maximum Gasteiger partial charge on any atom is 0.309 e. The molecule has 0 radical (unpaired) electrons. The minimum atomic E-state index is -3.09. The van der Waals surface area contributed by atoms with Crippen molar-refractivity contribution in [3.05, 3.63) is 57.0 Å². The average molecular weight is 563 g/mol. The summed E-state index contributed by atoms with van der Waals surface area (Å²) in [5.41, 5.74) is -0.968. The Morgan fingerprint density at radius 2 is 1.78 bits per heavy atom. The van der Waals surface area contributed by atoms with Gasteiger partial charge >= 0.3 is 5.97 Å². The van der Waals surface area contributed by atoms with Crippen molar-refractivity contribution in [3.8, 4) is 0 Å². The molecule has 1 amide bonds. The number of carboxylic acids is 1. The molecule has 0 spiro atoms. The molecular formula is C24H24Cl3F2N3O4. The van der Waals surface area contributed by atoms with Crippen LogP contribution in [0.4, 0.5) is 20.2 Å². The lowest BCUT2D eigenvalue weighted by Crippen LogP contribution is -2.62. The Bertz CT molecular complexity index is 1200. The molecule has 4 atom stereocenters. The van der Waals surface area contributed by atoms with E-state index in [1.807, 2.05) is 0 Å². The summed E-state index contributed by atoms with van der Waals surface area (Å²) >= 11 is 18.2. The highest BCUT2D eigenvalue weighted by Gasteiger charge is 2.63. The molecule has 1 saturated heterocycles.